The number of rotatable bonds is 3. The van der Waals surface area contributed by atoms with Crippen LogP contribution in [0.2, 0.25) is 5.02 Å². The van der Waals surface area contributed by atoms with Gasteiger partial charge in [-0.25, -0.2) is 0 Å². The minimum Gasteiger partial charge on any atom is -0.370 e. The minimum atomic E-state index is 0.0339. The molecule has 0 spiro atoms. The smallest absolute Gasteiger partial charge is 0.0642 e. The highest BCUT2D eigenvalue weighted by molar-refractivity contribution is 6.33. The lowest BCUT2D eigenvalue weighted by Gasteiger charge is -2.36. The van der Waals surface area contributed by atoms with Crippen molar-refractivity contribution in [2.45, 2.75) is 51.6 Å². The molecule has 1 aromatic rings. The first-order chi connectivity index (χ1) is 8.99. The average Bonchev–Trinajstić information content (AvgIpc) is 2.37. The third-order valence-electron chi connectivity index (χ3n) is 4.33. The molecule has 106 valence electrons. The Morgan fingerprint density at radius 3 is 2.68 bits per heavy atom. The molecule has 3 atom stereocenters. The van der Waals surface area contributed by atoms with E-state index >= 15 is 0 Å². The molecular weight excluding hydrogens is 256 g/mol. The van der Waals surface area contributed by atoms with Gasteiger partial charge < -0.3 is 10.6 Å². The number of hydrogen-bond acceptors (Lipinski definition) is 2. The van der Waals surface area contributed by atoms with Crippen molar-refractivity contribution in [2.75, 3.05) is 11.9 Å². The largest absolute Gasteiger partial charge is 0.370 e. The van der Waals surface area contributed by atoms with Gasteiger partial charge in [-0.2, -0.15) is 0 Å². The van der Waals surface area contributed by atoms with Crippen molar-refractivity contribution in [3.8, 4) is 0 Å². The molecule has 2 N–H and O–H groups in total. The van der Waals surface area contributed by atoms with E-state index in [2.05, 4.69) is 31.0 Å². The molecule has 1 saturated carbocycles. The summed E-state index contributed by atoms with van der Waals surface area (Å²) in [5.74, 6) is 0.823. The molecule has 2 rings (SSSR count). The predicted molar refractivity (Wildman–Crippen MR) is 83.9 cm³/mol. The maximum atomic E-state index is 6.43. The number of anilines is 1. The lowest BCUT2D eigenvalue weighted by molar-refractivity contribution is 0.336. The van der Waals surface area contributed by atoms with Crippen LogP contribution in [0.15, 0.2) is 18.2 Å². The van der Waals surface area contributed by atoms with Crippen molar-refractivity contribution in [3.05, 3.63) is 28.8 Å². The summed E-state index contributed by atoms with van der Waals surface area (Å²) in [5.41, 5.74) is 8.12. The number of halogens is 1. The molecule has 0 saturated heterocycles. The summed E-state index contributed by atoms with van der Waals surface area (Å²) in [6.07, 6.45) is 5.22. The SMILES string of the molecule is CC1CCCC(N(C)c2ccc([C@@H](C)N)cc2Cl)C1. The Kier molecular flexibility index (Phi) is 4.75. The van der Waals surface area contributed by atoms with Crippen LogP contribution in [0.1, 0.15) is 51.1 Å². The van der Waals surface area contributed by atoms with Gasteiger partial charge >= 0.3 is 0 Å². The highest BCUT2D eigenvalue weighted by Gasteiger charge is 2.23. The van der Waals surface area contributed by atoms with Gasteiger partial charge in [0.25, 0.3) is 0 Å². The van der Waals surface area contributed by atoms with Gasteiger partial charge in [-0.15, -0.1) is 0 Å². The maximum absolute atomic E-state index is 6.43. The standard InChI is InChI=1S/C16H25ClN2/c1-11-5-4-6-14(9-11)19(3)16-8-7-13(12(2)18)10-15(16)17/h7-8,10-12,14H,4-6,9,18H2,1-3H3/t11?,12-,14?/m1/s1. The Morgan fingerprint density at radius 1 is 1.37 bits per heavy atom. The van der Waals surface area contributed by atoms with Crippen molar-refractivity contribution in [1.82, 2.24) is 0 Å². The van der Waals surface area contributed by atoms with Gasteiger partial charge in [0.1, 0.15) is 0 Å². The highest BCUT2D eigenvalue weighted by atomic mass is 35.5. The monoisotopic (exact) mass is 280 g/mol. The van der Waals surface area contributed by atoms with E-state index in [0.717, 1.165) is 22.2 Å². The van der Waals surface area contributed by atoms with Crippen molar-refractivity contribution in [3.63, 3.8) is 0 Å². The molecule has 0 bridgehead atoms. The Labute approximate surface area is 121 Å². The molecule has 1 aliphatic carbocycles. The van der Waals surface area contributed by atoms with E-state index in [0.29, 0.717) is 6.04 Å². The fraction of sp³-hybridized carbons (Fsp3) is 0.625. The van der Waals surface area contributed by atoms with E-state index in [9.17, 15) is 0 Å². The van der Waals surface area contributed by atoms with E-state index < -0.39 is 0 Å². The van der Waals surface area contributed by atoms with E-state index in [1.54, 1.807) is 0 Å². The molecule has 2 unspecified atom stereocenters. The molecule has 19 heavy (non-hydrogen) atoms. The van der Waals surface area contributed by atoms with Crippen LogP contribution in [-0.4, -0.2) is 13.1 Å². The summed E-state index contributed by atoms with van der Waals surface area (Å²) in [6, 6.07) is 6.85. The summed E-state index contributed by atoms with van der Waals surface area (Å²) in [4.78, 5) is 2.35. The summed E-state index contributed by atoms with van der Waals surface area (Å²) in [7, 11) is 2.16. The Bertz CT molecular complexity index is 431. The number of nitrogens with two attached hydrogens (primary N) is 1. The summed E-state index contributed by atoms with van der Waals surface area (Å²) in [6.45, 7) is 4.33. The van der Waals surface area contributed by atoms with Crippen molar-refractivity contribution >= 4 is 17.3 Å². The zero-order valence-corrected chi connectivity index (χ0v) is 13.0. The number of hydrogen-bond donors (Lipinski definition) is 1. The van der Waals surface area contributed by atoms with Crippen LogP contribution < -0.4 is 10.6 Å². The van der Waals surface area contributed by atoms with E-state index in [1.165, 1.54) is 25.7 Å². The molecule has 1 aromatic carbocycles. The Morgan fingerprint density at radius 2 is 2.11 bits per heavy atom. The van der Waals surface area contributed by atoms with Gasteiger partial charge in [0.05, 0.1) is 10.7 Å². The lowest BCUT2D eigenvalue weighted by Crippen LogP contribution is -2.35. The van der Waals surface area contributed by atoms with Crippen LogP contribution in [0.3, 0.4) is 0 Å². The molecule has 0 amide bonds. The van der Waals surface area contributed by atoms with Gasteiger partial charge in [-0.05, 0) is 43.4 Å². The van der Waals surface area contributed by atoms with Crippen LogP contribution in [-0.2, 0) is 0 Å². The minimum absolute atomic E-state index is 0.0339. The second-order valence-corrected chi connectivity index (χ2v) is 6.44. The molecule has 1 aliphatic rings. The second-order valence-electron chi connectivity index (χ2n) is 6.04. The van der Waals surface area contributed by atoms with Crippen LogP contribution >= 0.6 is 11.6 Å². The summed E-state index contributed by atoms with van der Waals surface area (Å²) >= 11 is 6.43. The normalized spacial score (nSPS) is 25.1. The zero-order chi connectivity index (χ0) is 14.0. The van der Waals surface area contributed by atoms with Crippen LogP contribution in [0.4, 0.5) is 5.69 Å². The fourth-order valence-electron chi connectivity index (χ4n) is 3.04. The molecule has 1 fully saturated rings. The van der Waals surface area contributed by atoms with Gasteiger partial charge in [0.2, 0.25) is 0 Å². The molecule has 3 heteroatoms. The Hall–Kier alpha value is -0.730. The predicted octanol–water partition coefficient (Wildman–Crippen LogP) is 4.37. The summed E-state index contributed by atoms with van der Waals surface area (Å²) < 4.78 is 0. The molecular formula is C16H25ClN2. The zero-order valence-electron chi connectivity index (χ0n) is 12.2. The Balaban J connectivity index is 2.16. The first-order valence-electron chi connectivity index (χ1n) is 7.27. The maximum Gasteiger partial charge on any atom is 0.0642 e. The molecule has 0 aliphatic heterocycles. The summed E-state index contributed by atoms with van der Waals surface area (Å²) in [5, 5.41) is 0.815. The fourth-order valence-corrected chi connectivity index (χ4v) is 3.37. The third kappa shape index (κ3) is 3.43. The third-order valence-corrected chi connectivity index (χ3v) is 4.64. The topological polar surface area (TPSA) is 29.3 Å². The highest BCUT2D eigenvalue weighted by Crippen LogP contribution is 2.34. The van der Waals surface area contributed by atoms with E-state index in [1.807, 2.05) is 13.0 Å². The van der Waals surface area contributed by atoms with E-state index in [4.69, 9.17) is 17.3 Å². The van der Waals surface area contributed by atoms with Crippen molar-refractivity contribution in [2.24, 2.45) is 11.7 Å². The van der Waals surface area contributed by atoms with Crippen LogP contribution in [0.25, 0.3) is 0 Å². The van der Waals surface area contributed by atoms with Gasteiger partial charge in [0, 0.05) is 19.1 Å². The first kappa shape index (κ1) is 14.7. The number of benzene rings is 1. The molecule has 0 radical (unpaired) electrons. The second kappa shape index (κ2) is 6.15. The molecule has 0 aromatic heterocycles. The average molecular weight is 281 g/mol. The van der Waals surface area contributed by atoms with Gasteiger partial charge in [0.15, 0.2) is 0 Å². The lowest BCUT2D eigenvalue weighted by atomic mass is 9.86. The van der Waals surface area contributed by atoms with Crippen LogP contribution in [0, 0.1) is 5.92 Å². The quantitative estimate of drug-likeness (QED) is 0.890. The van der Waals surface area contributed by atoms with Crippen molar-refractivity contribution < 1.29 is 0 Å². The first-order valence-corrected chi connectivity index (χ1v) is 7.64. The molecule has 0 heterocycles. The van der Waals surface area contributed by atoms with Crippen LogP contribution in [0.5, 0.6) is 0 Å². The number of nitrogens with zero attached hydrogens (tertiary/aromatic N) is 1. The van der Waals surface area contributed by atoms with Crippen molar-refractivity contribution in [1.29, 1.82) is 0 Å². The van der Waals surface area contributed by atoms with Gasteiger partial charge in [-0.3, -0.25) is 0 Å². The van der Waals surface area contributed by atoms with E-state index in [-0.39, 0.29) is 6.04 Å². The molecule has 2 nitrogen and oxygen atoms in total. The van der Waals surface area contributed by atoms with Gasteiger partial charge in [-0.1, -0.05) is 37.4 Å².